The van der Waals surface area contributed by atoms with Crippen LogP contribution in [0.15, 0.2) is 85.1 Å². The summed E-state index contributed by atoms with van der Waals surface area (Å²) < 4.78 is 7.55. The number of hydrogen-bond acceptors (Lipinski definition) is 7. The molecule has 3 amide bonds. The minimum absolute atomic E-state index is 0.0302. The van der Waals surface area contributed by atoms with Gasteiger partial charge in [0, 0.05) is 30.5 Å². The Bertz CT molecular complexity index is 1620. The smallest absolute Gasteiger partial charge is 0.332 e. The molecule has 3 aromatic carbocycles. The van der Waals surface area contributed by atoms with Crippen molar-refractivity contribution in [3.8, 4) is 11.4 Å². The first-order valence-corrected chi connectivity index (χ1v) is 14.7. The predicted molar refractivity (Wildman–Crippen MR) is 165 cm³/mol. The number of rotatable bonds is 8. The number of amides is 3. The summed E-state index contributed by atoms with van der Waals surface area (Å²) in [4.78, 5) is 33.8. The zero-order chi connectivity index (χ0) is 30.1. The zero-order valence-electron chi connectivity index (χ0n) is 24.8. The van der Waals surface area contributed by atoms with Gasteiger partial charge in [0.25, 0.3) is 5.91 Å². The van der Waals surface area contributed by atoms with Gasteiger partial charge in [0.1, 0.15) is 17.0 Å². The molecule has 0 unspecified atom stereocenters. The summed E-state index contributed by atoms with van der Waals surface area (Å²) in [6.07, 6.45) is 2.83. The molecule has 1 spiro atoms. The lowest BCUT2D eigenvalue weighted by Crippen LogP contribution is -2.59. The highest BCUT2D eigenvalue weighted by Crippen LogP contribution is 2.43. The Morgan fingerprint density at radius 3 is 2.49 bits per heavy atom. The number of imide groups is 1. The average Bonchev–Trinajstić information content (AvgIpc) is 3.53. The summed E-state index contributed by atoms with van der Waals surface area (Å²) >= 11 is 0. The topological polar surface area (TPSA) is 110 Å². The maximum Gasteiger partial charge on any atom is 0.332 e. The fraction of sp³-hybridized carbons (Fsp3) is 0.333. The summed E-state index contributed by atoms with van der Waals surface area (Å²) in [6.45, 7) is 7.55. The molecule has 0 radical (unpaired) electrons. The van der Waals surface area contributed by atoms with Gasteiger partial charge in [0.2, 0.25) is 0 Å². The third kappa shape index (κ3) is 5.58. The predicted octanol–water partition coefficient (Wildman–Crippen LogP) is 5.03. The Hall–Kier alpha value is -4.70. The standard InChI is InChI=1S/C33H37N7O3/c1-23(2)43-30-14-7-9-25(17-30)20-37-16-15-33(19-24(37)3)31(41)38(32(42)40(33)29-13-8-10-26(34)18-29)21-27-22-39(36-35-27)28-11-5-4-6-12-28/h4-14,17-18,22-24H,15-16,19-21,34H2,1-3H3/t24-,33+/m0/s1. The van der Waals surface area contributed by atoms with E-state index in [1.54, 1.807) is 27.9 Å². The molecule has 0 bridgehead atoms. The van der Waals surface area contributed by atoms with E-state index in [1.807, 2.05) is 68.4 Å². The summed E-state index contributed by atoms with van der Waals surface area (Å²) in [5.41, 5.74) is 8.79. The van der Waals surface area contributed by atoms with Gasteiger partial charge < -0.3 is 10.5 Å². The average molecular weight is 580 g/mol. The van der Waals surface area contributed by atoms with Crippen LogP contribution in [0.25, 0.3) is 5.69 Å². The number of carbonyl (C=O) groups excluding carboxylic acids is 2. The van der Waals surface area contributed by atoms with E-state index in [0.29, 0.717) is 36.5 Å². The van der Waals surface area contributed by atoms with Crippen molar-refractivity contribution < 1.29 is 14.3 Å². The van der Waals surface area contributed by atoms with Gasteiger partial charge in [-0.05, 0) is 81.6 Å². The van der Waals surface area contributed by atoms with Crippen molar-refractivity contribution >= 4 is 23.3 Å². The van der Waals surface area contributed by atoms with Crippen LogP contribution in [0.5, 0.6) is 5.75 Å². The second-order valence-corrected chi connectivity index (χ2v) is 11.7. The van der Waals surface area contributed by atoms with Crippen LogP contribution in [0, 0.1) is 0 Å². The number of likely N-dealkylation sites (tertiary alicyclic amines) is 1. The van der Waals surface area contributed by atoms with Gasteiger partial charge in [0.05, 0.1) is 24.5 Å². The molecule has 6 rings (SSSR count). The SMILES string of the molecule is CC(C)Oc1cccc(CN2CC[C@@]3(C[C@@H]2C)C(=O)N(Cc2cn(-c4ccccc4)nn2)C(=O)N3c2cccc(N)c2)c1. The third-order valence-corrected chi connectivity index (χ3v) is 8.23. The first kappa shape index (κ1) is 28.4. The number of hydrogen-bond donors (Lipinski definition) is 1. The molecule has 4 aromatic rings. The molecule has 10 nitrogen and oxygen atoms in total. The summed E-state index contributed by atoms with van der Waals surface area (Å²) in [5.74, 6) is 0.630. The lowest BCUT2D eigenvalue weighted by molar-refractivity contribution is -0.133. The molecule has 43 heavy (non-hydrogen) atoms. The first-order valence-electron chi connectivity index (χ1n) is 14.7. The number of para-hydroxylation sites is 1. The normalized spacial score (nSPS) is 20.9. The van der Waals surface area contributed by atoms with Crippen LogP contribution in [-0.2, 0) is 17.9 Å². The van der Waals surface area contributed by atoms with E-state index in [9.17, 15) is 9.59 Å². The number of piperidine rings is 1. The van der Waals surface area contributed by atoms with Crippen LogP contribution in [0.3, 0.4) is 0 Å². The fourth-order valence-corrected chi connectivity index (χ4v) is 6.26. The first-order chi connectivity index (χ1) is 20.7. The second kappa shape index (κ2) is 11.5. The van der Waals surface area contributed by atoms with E-state index in [2.05, 4.69) is 34.3 Å². The molecule has 10 heteroatoms. The largest absolute Gasteiger partial charge is 0.491 e. The molecule has 2 aliphatic heterocycles. The van der Waals surface area contributed by atoms with Crippen LogP contribution in [0.4, 0.5) is 16.2 Å². The molecular weight excluding hydrogens is 542 g/mol. The summed E-state index contributed by atoms with van der Waals surface area (Å²) in [6, 6.07) is 24.6. The Morgan fingerprint density at radius 1 is 0.977 bits per heavy atom. The van der Waals surface area contributed by atoms with E-state index in [0.717, 1.165) is 23.5 Å². The number of nitrogens with zero attached hydrogens (tertiary/aromatic N) is 6. The molecular formula is C33H37N7O3. The lowest BCUT2D eigenvalue weighted by atomic mass is 9.81. The number of anilines is 2. The monoisotopic (exact) mass is 579 g/mol. The van der Waals surface area contributed by atoms with E-state index in [4.69, 9.17) is 10.5 Å². The van der Waals surface area contributed by atoms with E-state index < -0.39 is 5.54 Å². The van der Waals surface area contributed by atoms with Gasteiger partial charge >= 0.3 is 6.03 Å². The van der Waals surface area contributed by atoms with Crippen LogP contribution in [-0.4, -0.2) is 61.0 Å². The molecule has 3 heterocycles. The van der Waals surface area contributed by atoms with Crippen molar-refractivity contribution in [2.24, 2.45) is 0 Å². The van der Waals surface area contributed by atoms with Crippen molar-refractivity contribution in [3.05, 3.63) is 96.3 Å². The van der Waals surface area contributed by atoms with Gasteiger partial charge in [-0.2, -0.15) is 0 Å². The zero-order valence-corrected chi connectivity index (χ0v) is 24.8. The van der Waals surface area contributed by atoms with E-state index in [-0.39, 0.29) is 30.6 Å². The second-order valence-electron chi connectivity index (χ2n) is 11.7. The van der Waals surface area contributed by atoms with E-state index in [1.165, 1.54) is 4.90 Å². The molecule has 2 atom stereocenters. The molecule has 1 aromatic heterocycles. The maximum atomic E-state index is 14.3. The minimum atomic E-state index is -1.03. The van der Waals surface area contributed by atoms with Crippen LogP contribution < -0.4 is 15.4 Å². The molecule has 222 valence electrons. The molecule has 0 aliphatic carbocycles. The number of carbonyl (C=O) groups is 2. The Morgan fingerprint density at radius 2 is 1.74 bits per heavy atom. The van der Waals surface area contributed by atoms with Crippen molar-refractivity contribution in [2.75, 3.05) is 17.2 Å². The highest BCUT2D eigenvalue weighted by Gasteiger charge is 2.59. The Labute approximate surface area is 251 Å². The number of nitrogen functional groups attached to an aromatic ring is 1. The number of ether oxygens (including phenoxy) is 1. The lowest BCUT2D eigenvalue weighted by Gasteiger charge is -2.45. The quantitative estimate of drug-likeness (QED) is 0.230. The summed E-state index contributed by atoms with van der Waals surface area (Å²) in [5, 5.41) is 8.51. The van der Waals surface area contributed by atoms with Crippen LogP contribution >= 0.6 is 0 Å². The Balaban J connectivity index is 1.27. The van der Waals surface area contributed by atoms with Crippen LogP contribution in [0.2, 0.25) is 0 Å². The third-order valence-electron chi connectivity index (χ3n) is 8.23. The number of urea groups is 1. The molecule has 2 aliphatic rings. The number of nitrogens with two attached hydrogens (primary N) is 1. The van der Waals surface area contributed by atoms with Gasteiger partial charge in [-0.3, -0.25) is 19.5 Å². The Kier molecular flexibility index (Phi) is 7.62. The highest BCUT2D eigenvalue weighted by atomic mass is 16.5. The van der Waals surface area contributed by atoms with Gasteiger partial charge in [-0.15, -0.1) is 5.10 Å². The number of aromatic nitrogens is 3. The fourth-order valence-electron chi connectivity index (χ4n) is 6.26. The summed E-state index contributed by atoms with van der Waals surface area (Å²) in [7, 11) is 0. The molecule has 2 N–H and O–H groups in total. The van der Waals surface area contributed by atoms with Crippen molar-refractivity contribution in [2.45, 2.75) is 64.4 Å². The number of benzene rings is 3. The van der Waals surface area contributed by atoms with Crippen molar-refractivity contribution in [1.82, 2.24) is 24.8 Å². The maximum absolute atomic E-state index is 14.3. The van der Waals surface area contributed by atoms with Crippen molar-refractivity contribution in [1.29, 1.82) is 0 Å². The highest BCUT2D eigenvalue weighted by molar-refractivity contribution is 6.17. The molecule has 2 fully saturated rings. The van der Waals surface area contributed by atoms with Crippen molar-refractivity contribution in [3.63, 3.8) is 0 Å². The van der Waals surface area contributed by atoms with E-state index >= 15 is 0 Å². The molecule has 0 saturated carbocycles. The van der Waals surface area contributed by atoms with Crippen LogP contribution in [0.1, 0.15) is 44.9 Å². The van der Waals surface area contributed by atoms with Gasteiger partial charge in [0.15, 0.2) is 0 Å². The molecule has 2 saturated heterocycles. The minimum Gasteiger partial charge on any atom is -0.491 e. The van der Waals surface area contributed by atoms with Gasteiger partial charge in [-0.25, -0.2) is 9.48 Å². The van der Waals surface area contributed by atoms with Gasteiger partial charge in [-0.1, -0.05) is 41.6 Å².